The highest BCUT2D eigenvalue weighted by molar-refractivity contribution is 5.73. The van der Waals surface area contributed by atoms with Crippen molar-refractivity contribution in [3.05, 3.63) is 39.9 Å². The molecule has 0 spiro atoms. The Balaban J connectivity index is 2.38. The lowest BCUT2D eigenvalue weighted by Crippen LogP contribution is -2.43. The molecule has 7 heteroatoms. The number of non-ortho nitro benzene ring substituents is 1. The maximum absolute atomic E-state index is 11.6. The molecule has 0 aliphatic rings. The van der Waals surface area contributed by atoms with Crippen LogP contribution < -0.4 is 10.6 Å². The molecule has 0 radical (unpaired) electrons. The van der Waals surface area contributed by atoms with E-state index in [0.29, 0.717) is 0 Å². The molecule has 7 nitrogen and oxygen atoms in total. The molecule has 2 amide bonds. The van der Waals surface area contributed by atoms with E-state index in [2.05, 4.69) is 10.6 Å². The molecule has 3 N–H and O–H groups in total. The summed E-state index contributed by atoms with van der Waals surface area (Å²) >= 11 is 0. The van der Waals surface area contributed by atoms with Crippen LogP contribution in [0.3, 0.4) is 0 Å². The van der Waals surface area contributed by atoms with Crippen molar-refractivity contribution in [2.24, 2.45) is 5.41 Å². The molecule has 1 aromatic rings. The van der Waals surface area contributed by atoms with Crippen LogP contribution in [0.1, 0.15) is 26.3 Å². The number of nitrogens with one attached hydrogen (secondary N) is 2. The number of urea groups is 1. The molecule has 0 aliphatic heterocycles. The minimum Gasteiger partial charge on any atom is -0.391 e. The van der Waals surface area contributed by atoms with Gasteiger partial charge in [-0.1, -0.05) is 32.9 Å². The zero-order valence-electron chi connectivity index (χ0n) is 12.4. The Labute approximate surface area is 123 Å². The highest BCUT2D eigenvalue weighted by Crippen LogP contribution is 2.18. The van der Waals surface area contributed by atoms with Crippen LogP contribution in [0.15, 0.2) is 24.3 Å². The van der Waals surface area contributed by atoms with Gasteiger partial charge in [0.05, 0.1) is 11.0 Å². The van der Waals surface area contributed by atoms with E-state index in [1.807, 2.05) is 20.8 Å². The predicted molar refractivity (Wildman–Crippen MR) is 78.8 cm³/mol. The standard InChI is InChI=1S/C14H21N3O4/c1-14(2,3)12(18)9-16-13(19)15-8-10-4-6-11(7-5-10)17(20)21/h4-7,12,18H,8-9H2,1-3H3,(H2,15,16,19). The number of benzene rings is 1. The lowest BCUT2D eigenvalue weighted by molar-refractivity contribution is -0.384. The third-order valence-corrected chi connectivity index (χ3v) is 3.06. The molecule has 116 valence electrons. The second kappa shape index (κ2) is 7.03. The largest absolute Gasteiger partial charge is 0.391 e. The van der Waals surface area contributed by atoms with Gasteiger partial charge in [-0.3, -0.25) is 10.1 Å². The number of nitro benzene ring substituents is 1. The number of aliphatic hydroxyl groups excluding tert-OH is 1. The number of aliphatic hydroxyl groups is 1. The summed E-state index contributed by atoms with van der Waals surface area (Å²) < 4.78 is 0. The molecule has 0 heterocycles. The first-order valence-corrected chi connectivity index (χ1v) is 6.63. The summed E-state index contributed by atoms with van der Waals surface area (Å²) in [5.74, 6) is 0. The van der Waals surface area contributed by atoms with Crippen LogP contribution in [-0.2, 0) is 6.54 Å². The second-order valence-electron chi connectivity index (χ2n) is 5.87. The summed E-state index contributed by atoms with van der Waals surface area (Å²) in [4.78, 5) is 21.6. The molecule has 0 saturated carbocycles. The summed E-state index contributed by atoms with van der Waals surface area (Å²) in [7, 11) is 0. The Bertz CT molecular complexity index is 494. The quantitative estimate of drug-likeness (QED) is 0.569. The smallest absolute Gasteiger partial charge is 0.315 e. The fraction of sp³-hybridized carbons (Fsp3) is 0.500. The number of carbonyl (C=O) groups excluding carboxylic acids is 1. The number of rotatable bonds is 5. The third-order valence-electron chi connectivity index (χ3n) is 3.06. The summed E-state index contributed by atoms with van der Waals surface area (Å²) in [6, 6.07) is 5.55. The maximum Gasteiger partial charge on any atom is 0.315 e. The van der Waals surface area contributed by atoms with Gasteiger partial charge in [0.2, 0.25) is 0 Å². The summed E-state index contributed by atoms with van der Waals surface area (Å²) in [6.45, 7) is 6.07. The third kappa shape index (κ3) is 5.78. The van der Waals surface area contributed by atoms with E-state index >= 15 is 0 Å². The summed E-state index contributed by atoms with van der Waals surface area (Å²) in [5.41, 5.74) is 0.467. The van der Waals surface area contributed by atoms with E-state index in [1.54, 1.807) is 12.1 Å². The Morgan fingerprint density at radius 1 is 1.29 bits per heavy atom. The molecule has 21 heavy (non-hydrogen) atoms. The number of carbonyl (C=O) groups is 1. The zero-order chi connectivity index (χ0) is 16.0. The first-order chi connectivity index (χ1) is 9.70. The molecule has 1 rings (SSSR count). The molecule has 0 aliphatic carbocycles. The van der Waals surface area contributed by atoms with Gasteiger partial charge in [-0.25, -0.2) is 4.79 Å². The van der Waals surface area contributed by atoms with Crippen LogP contribution in [0.2, 0.25) is 0 Å². The van der Waals surface area contributed by atoms with Crippen LogP contribution in [0.25, 0.3) is 0 Å². The summed E-state index contributed by atoms with van der Waals surface area (Å²) in [5, 5.41) is 25.5. The number of nitro groups is 1. The number of amides is 2. The predicted octanol–water partition coefficient (Wildman–Crippen LogP) is 1.80. The van der Waals surface area contributed by atoms with Crippen LogP contribution in [0.4, 0.5) is 10.5 Å². The van der Waals surface area contributed by atoms with Crippen molar-refractivity contribution >= 4 is 11.7 Å². The van der Waals surface area contributed by atoms with Crippen LogP contribution in [0.5, 0.6) is 0 Å². The fourth-order valence-electron chi connectivity index (χ4n) is 1.48. The van der Waals surface area contributed by atoms with Crippen molar-refractivity contribution in [2.75, 3.05) is 6.54 Å². The van der Waals surface area contributed by atoms with E-state index in [0.717, 1.165) is 5.56 Å². The Hall–Kier alpha value is -2.15. The molecular formula is C14H21N3O4. The highest BCUT2D eigenvalue weighted by atomic mass is 16.6. The first-order valence-electron chi connectivity index (χ1n) is 6.63. The number of hydrogen-bond acceptors (Lipinski definition) is 4. The Kier molecular flexibility index (Phi) is 5.66. The monoisotopic (exact) mass is 295 g/mol. The van der Waals surface area contributed by atoms with Gasteiger partial charge < -0.3 is 15.7 Å². The van der Waals surface area contributed by atoms with Gasteiger partial charge in [0.25, 0.3) is 5.69 Å². The SMILES string of the molecule is CC(C)(C)C(O)CNC(=O)NCc1ccc([N+](=O)[O-])cc1. The lowest BCUT2D eigenvalue weighted by Gasteiger charge is -2.25. The van der Waals surface area contributed by atoms with Crippen LogP contribution in [0, 0.1) is 15.5 Å². The van der Waals surface area contributed by atoms with E-state index in [1.165, 1.54) is 12.1 Å². The molecule has 1 unspecified atom stereocenters. The van der Waals surface area contributed by atoms with Crippen molar-refractivity contribution in [3.63, 3.8) is 0 Å². The first kappa shape index (κ1) is 16.9. The average Bonchev–Trinajstić information content (AvgIpc) is 2.41. The lowest BCUT2D eigenvalue weighted by atomic mass is 9.89. The van der Waals surface area contributed by atoms with E-state index in [4.69, 9.17) is 0 Å². The van der Waals surface area contributed by atoms with Crippen LogP contribution >= 0.6 is 0 Å². The second-order valence-corrected chi connectivity index (χ2v) is 5.87. The Morgan fingerprint density at radius 3 is 2.33 bits per heavy atom. The fourth-order valence-corrected chi connectivity index (χ4v) is 1.48. The van der Waals surface area contributed by atoms with Gasteiger partial charge in [-0.05, 0) is 11.0 Å². The molecule has 1 atom stereocenters. The average molecular weight is 295 g/mol. The molecular weight excluding hydrogens is 274 g/mol. The van der Waals surface area contributed by atoms with Crippen molar-refractivity contribution < 1.29 is 14.8 Å². The van der Waals surface area contributed by atoms with Crippen LogP contribution in [-0.4, -0.2) is 28.7 Å². The Morgan fingerprint density at radius 2 is 1.86 bits per heavy atom. The van der Waals surface area contributed by atoms with Crippen molar-refractivity contribution in [3.8, 4) is 0 Å². The van der Waals surface area contributed by atoms with Crippen molar-refractivity contribution in [2.45, 2.75) is 33.4 Å². The van der Waals surface area contributed by atoms with Gasteiger partial charge >= 0.3 is 6.03 Å². The van der Waals surface area contributed by atoms with Gasteiger partial charge in [0.15, 0.2) is 0 Å². The molecule has 0 saturated heterocycles. The summed E-state index contributed by atoms with van der Waals surface area (Å²) in [6.07, 6.45) is -0.636. The minimum atomic E-state index is -0.636. The normalized spacial score (nSPS) is 12.6. The van der Waals surface area contributed by atoms with Crippen molar-refractivity contribution in [1.29, 1.82) is 0 Å². The van der Waals surface area contributed by atoms with E-state index in [9.17, 15) is 20.0 Å². The van der Waals surface area contributed by atoms with Gasteiger partial charge in [-0.15, -0.1) is 0 Å². The van der Waals surface area contributed by atoms with Gasteiger partial charge in [0, 0.05) is 25.2 Å². The number of hydrogen-bond donors (Lipinski definition) is 3. The zero-order valence-corrected chi connectivity index (χ0v) is 12.4. The highest BCUT2D eigenvalue weighted by Gasteiger charge is 2.22. The van der Waals surface area contributed by atoms with Gasteiger partial charge in [-0.2, -0.15) is 0 Å². The maximum atomic E-state index is 11.6. The van der Waals surface area contributed by atoms with E-state index in [-0.39, 0.29) is 24.2 Å². The minimum absolute atomic E-state index is 0.0106. The topological polar surface area (TPSA) is 104 Å². The molecule has 0 bridgehead atoms. The van der Waals surface area contributed by atoms with Crippen molar-refractivity contribution in [1.82, 2.24) is 10.6 Å². The van der Waals surface area contributed by atoms with Gasteiger partial charge in [0.1, 0.15) is 0 Å². The molecule has 1 aromatic carbocycles. The number of nitrogens with zero attached hydrogens (tertiary/aromatic N) is 1. The van der Waals surface area contributed by atoms with E-state index < -0.39 is 17.1 Å². The molecule has 0 fully saturated rings. The molecule has 0 aromatic heterocycles.